The van der Waals surface area contributed by atoms with E-state index in [9.17, 15) is 14.7 Å². The first kappa shape index (κ1) is 28.9. The summed E-state index contributed by atoms with van der Waals surface area (Å²) in [5, 5.41) is 15.6. The largest absolute Gasteiger partial charge is 0.492 e. The highest BCUT2D eigenvalue weighted by Gasteiger charge is 2.22. The van der Waals surface area contributed by atoms with Gasteiger partial charge in [0.15, 0.2) is 0 Å². The summed E-state index contributed by atoms with van der Waals surface area (Å²) in [6.07, 6.45) is 4.45. The Bertz CT molecular complexity index is 1210. The second-order valence-corrected chi connectivity index (χ2v) is 9.83. The Morgan fingerprint density at radius 1 is 0.950 bits per heavy atom. The number of carbonyl (C=O) groups is 2. The van der Waals surface area contributed by atoms with Crippen LogP contribution in [0.5, 0.6) is 11.5 Å². The third-order valence-corrected chi connectivity index (χ3v) is 6.81. The van der Waals surface area contributed by atoms with E-state index in [1.807, 2.05) is 36.4 Å². The van der Waals surface area contributed by atoms with Crippen LogP contribution in [0.15, 0.2) is 72.8 Å². The summed E-state index contributed by atoms with van der Waals surface area (Å²) in [7, 11) is 0. The van der Waals surface area contributed by atoms with Crippen LogP contribution in [-0.4, -0.2) is 65.9 Å². The lowest BCUT2D eigenvalue weighted by atomic mass is 10.1. The van der Waals surface area contributed by atoms with Gasteiger partial charge in [-0.1, -0.05) is 42.5 Å². The smallest absolute Gasteiger partial charge is 0.413 e. The van der Waals surface area contributed by atoms with Gasteiger partial charge in [-0.25, -0.2) is 14.6 Å². The average Bonchev–Trinajstić information content (AvgIpc) is 2.97. The van der Waals surface area contributed by atoms with Crippen LogP contribution in [-0.2, 0) is 17.6 Å². The van der Waals surface area contributed by atoms with Crippen LogP contribution in [0.2, 0.25) is 0 Å². The first-order valence-electron chi connectivity index (χ1n) is 14.0. The molecule has 2 heterocycles. The first-order valence-corrected chi connectivity index (χ1v) is 14.0. The highest BCUT2D eigenvalue weighted by atomic mass is 16.6. The van der Waals surface area contributed by atoms with E-state index in [0.29, 0.717) is 25.4 Å². The lowest BCUT2D eigenvalue weighted by molar-refractivity contribution is -0.139. The number of fused-ring (bicyclic) bond motifs is 1. The number of aliphatic carboxylic acids is 1. The fraction of sp³-hybridized carbons (Fsp3) is 0.387. The van der Waals surface area contributed by atoms with E-state index in [1.54, 1.807) is 24.3 Å². The zero-order chi connectivity index (χ0) is 28.0. The van der Waals surface area contributed by atoms with Gasteiger partial charge in [0, 0.05) is 25.3 Å². The molecule has 3 aromatic rings. The lowest BCUT2D eigenvalue weighted by Gasteiger charge is -2.24. The number of pyridine rings is 1. The highest BCUT2D eigenvalue weighted by Crippen LogP contribution is 2.20. The number of hydrogen-bond acceptors (Lipinski definition) is 7. The van der Waals surface area contributed by atoms with Crippen molar-refractivity contribution in [2.45, 2.75) is 44.6 Å². The minimum atomic E-state index is -1.10. The maximum atomic E-state index is 12.3. The Morgan fingerprint density at radius 3 is 2.45 bits per heavy atom. The molecule has 212 valence electrons. The molecule has 2 aromatic carbocycles. The van der Waals surface area contributed by atoms with Crippen molar-refractivity contribution in [3.63, 3.8) is 0 Å². The van der Waals surface area contributed by atoms with Crippen LogP contribution in [0.1, 0.15) is 36.9 Å². The van der Waals surface area contributed by atoms with Crippen molar-refractivity contribution in [3.8, 4) is 11.5 Å². The summed E-state index contributed by atoms with van der Waals surface area (Å²) >= 11 is 0. The van der Waals surface area contributed by atoms with Crippen molar-refractivity contribution >= 4 is 17.9 Å². The molecule has 0 fully saturated rings. The zero-order valence-corrected chi connectivity index (χ0v) is 22.8. The van der Waals surface area contributed by atoms with Gasteiger partial charge in [0.1, 0.15) is 30.0 Å². The third-order valence-electron chi connectivity index (χ3n) is 6.81. The van der Waals surface area contributed by atoms with E-state index in [1.165, 1.54) is 5.56 Å². The maximum absolute atomic E-state index is 12.3. The minimum absolute atomic E-state index is 0.239. The number of carboxylic acids is 1. The molecule has 9 heteroatoms. The number of ether oxygens (including phenoxy) is 2. The van der Waals surface area contributed by atoms with Gasteiger partial charge in [-0.2, -0.15) is 0 Å². The van der Waals surface area contributed by atoms with Crippen LogP contribution in [0.3, 0.4) is 0 Å². The molecule has 1 atom stereocenters. The van der Waals surface area contributed by atoms with E-state index in [-0.39, 0.29) is 6.42 Å². The number of rotatable bonds is 15. The molecule has 9 nitrogen and oxygen atoms in total. The molecule has 0 saturated carbocycles. The van der Waals surface area contributed by atoms with E-state index < -0.39 is 18.1 Å². The maximum Gasteiger partial charge on any atom is 0.413 e. The molecule has 4 rings (SSSR count). The molecule has 3 N–H and O–H groups in total. The van der Waals surface area contributed by atoms with Crippen molar-refractivity contribution in [1.29, 1.82) is 0 Å². The summed E-state index contributed by atoms with van der Waals surface area (Å²) < 4.78 is 11.1. The van der Waals surface area contributed by atoms with Crippen LogP contribution in [0, 0.1) is 0 Å². The number of para-hydroxylation sites is 2. The van der Waals surface area contributed by atoms with Gasteiger partial charge in [0.25, 0.3) is 0 Å². The molecule has 0 spiro atoms. The highest BCUT2D eigenvalue weighted by molar-refractivity contribution is 5.80. The number of nitrogens with zero attached hydrogens (tertiary/aromatic N) is 2. The molecule has 0 bridgehead atoms. The van der Waals surface area contributed by atoms with Gasteiger partial charge in [-0.15, -0.1) is 0 Å². The van der Waals surface area contributed by atoms with Gasteiger partial charge in [0.05, 0.1) is 0 Å². The van der Waals surface area contributed by atoms with Crippen LogP contribution in [0.4, 0.5) is 10.6 Å². The second-order valence-electron chi connectivity index (χ2n) is 9.83. The monoisotopic (exact) mass is 546 g/mol. The number of carboxylic acid groups (broad SMARTS) is 1. The summed E-state index contributed by atoms with van der Waals surface area (Å²) in [6.45, 7) is 3.35. The SMILES string of the molecule is O=C(NC(CCN(CCCCc1ccc2c(n1)NCCC2)CCOc1ccccc1)C(=O)O)Oc1ccccc1. The summed E-state index contributed by atoms with van der Waals surface area (Å²) in [4.78, 5) is 31.2. The quantitative estimate of drug-likeness (QED) is 0.234. The first-order chi connectivity index (χ1) is 19.6. The minimum Gasteiger partial charge on any atom is -0.492 e. The Labute approximate surface area is 235 Å². The van der Waals surface area contributed by atoms with E-state index >= 15 is 0 Å². The van der Waals surface area contributed by atoms with Crippen molar-refractivity contribution < 1.29 is 24.2 Å². The van der Waals surface area contributed by atoms with Crippen LogP contribution < -0.4 is 20.1 Å². The Kier molecular flexibility index (Phi) is 11.2. The van der Waals surface area contributed by atoms with Crippen molar-refractivity contribution in [3.05, 3.63) is 84.1 Å². The molecule has 1 aromatic heterocycles. The fourth-order valence-electron chi connectivity index (χ4n) is 4.63. The molecule has 0 aliphatic carbocycles. The predicted molar refractivity (Wildman–Crippen MR) is 154 cm³/mol. The summed E-state index contributed by atoms with van der Waals surface area (Å²) in [6, 6.07) is 21.4. The van der Waals surface area contributed by atoms with Gasteiger partial charge >= 0.3 is 12.1 Å². The second kappa shape index (κ2) is 15.5. The van der Waals surface area contributed by atoms with Gasteiger partial charge in [-0.3, -0.25) is 4.90 Å². The van der Waals surface area contributed by atoms with Gasteiger partial charge in [0.2, 0.25) is 0 Å². The molecular weight excluding hydrogens is 508 g/mol. The van der Waals surface area contributed by atoms with Crippen molar-refractivity contribution in [2.24, 2.45) is 0 Å². The van der Waals surface area contributed by atoms with Crippen LogP contribution in [0.25, 0.3) is 0 Å². The molecule has 0 radical (unpaired) electrons. The normalized spacial score (nSPS) is 13.1. The number of aromatic nitrogens is 1. The molecule has 1 unspecified atom stereocenters. The zero-order valence-electron chi connectivity index (χ0n) is 22.8. The molecular formula is C31H38N4O5. The Balaban J connectivity index is 1.27. The third kappa shape index (κ3) is 9.57. The average molecular weight is 547 g/mol. The molecule has 1 aliphatic rings. The number of hydrogen-bond donors (Lipinski definition) is 3. The number of anilines is 1. The summed E-state index contributed by atoms with van der Waals surface area (Å²) in [5.74, 6) is 1.07. The van der Waals surface area contributed by atoms with Gasteiger partial charge in [-0.05, 0) is 81.0 Å². The number of nitrogens with one attached hydrogen (secondary N) is 2. The molecule has 1 aliphatic heterocycles. The molecule has 1 amide bonds. The van der Waals surface area contributed by atoms with Crippen molar-refractivity contribution in [1.82, 2.24) is 15.2 Å². The van der Waals surface area contributed by atoms with E-state index in [0.717, 1.165) is 62.5 Å². The van der Waals surface area contributed by atoms with Crippen molar-refractivity contribution in [2.75, 3.05) is 38.1 Å². The molecule has 0 saturated heterocycles. The van der Waals surface area contributed by atoms with E-state index in [4.69, 9.17) is 14.5 Å². The van der Waals surface area contributed by atoms with Crippen LogP contribution >= 0.6 is 0 Å². The number of aryl methyl sites for hydroxylation is 2. The number of benzene rings is 2. The lowest BCUT2D eigenvalue weighted by Crippen LogP contribution is -2.44. The van der Waals surface area contributed by atoms with Gasteiger partial charge < -0.3 is 25.2 Å². The van der Waals surface area contributed by atoms with E-state index in [2.05, 4.69) is 27.7 Å². The number of amides is 1. The standard InChI is InChI=1S/C31H38N4O5/c36-30(37)28(34-31(38)40-27-14-5-2-6-15-27)18-21-35(22-23-39-26-12-3-1-4-13-26)20-8-7-11-25-17-16-24-10-9-19-32-29(24)33-25/h1-6,12-17,28H,7-11,18-23H2,(H,32,33)(H,34,38)(H,36,37). The predicted octanol–water partition coefficient (Wildman–Crippen LogP) is 4.78. The topological polar surface area (TPSA) is 113 Å². The number of unbranched alkanes of at least 4 members (excludes halogenated alkanes) is 1. The summed E-state index contributed by atoms with van der Waals surface area (Å²) in [5.41, 5.74) is 2.37. The Morgan fingerprint density at radius 2 is 1.70 bits per heavy atom. The Hall–Kier alpha value is -4.11. The fourth-order valence-corrected chi connectivity index (χ4v) is 4.63. The molecule has 40 heavy (non-hydrogen) atoms. The number of carbonyl (C=O) groups excluding carboxylic acids is 1.